The van der Waals surface area contributed by atoms with Crippen LogP contribution in [0.15, 0.2) is 54.8 Å². The summed E-state index contributed by atoms with van der Waals surface area (Å²) in [5.41, 5.74) is -3.33. The van der Waals surface area contributed by atoms with Crippen molar-refractivity contribution < 1.29 is 100 Å². The molecule has 16 N–H and O–H groups in total. The summed E-state index contributed by atoms with van der Waals surface area (Å²) < 4.78 is 21.6. The molecule has 0 amide bonds. The summed E-state index contributed by atoms with van der Waals surface area (Å²) in [6.45, 7) is -1.46. The Morgan fingerprint density at radius 2 is 0.726 bits per heavy atom. The van der Waals surface area contributed by atoms with Crippen molar-refractivity contribution >= 4 is 119 Å². The Labute approximate surface area is 404 Å². The number of phenols is 8. The van der Waals surface area contributed by atoms with Crippen molar-refractivity contribution in [2.75, 3.05) is 13.2 Å². The summed E-state index contributed by atoms with van der Waals surface area (Å²) in [5.74, 6) is -5.24. The molecule has 0 saturated carbocycles. The van der Waals surface area contributed by atoms with Gasteiger partial charge in [0.2, 0.25) is 10.9 Å². The second kappa shape index (κ2) is 18.8. The average Bonchev–Trinajstić information content (AvgIpc) is 3.19. The van der Waals surface area contributed by atoms with Crippen LogP contribution in [-0.2, 0) is 9.47 Å². The number of rotatable bonds is 4. The number of fused-ring (bicyclic) bond motifs is 4. The number of aromatic hydroxyl groups is 8. The van der Waals surface area contributed by atoms with Gasteiger partial charge in [-0.3, -0.25) is 9.59 Å². The molecule has 22 nitrogen and oxygen atoms in total. The quantitative estimate of drug-likeness (QED) is 0.0468. The van der Waals surface area contributed by atoms with E-state index in [1.807, 2.05) is 0 Å². The van der Waals surface area contributed by atoms with Gasteiger partial charge < -0.3 is 100 Å². The molecule has 4 aromatic carbocycles. The second-order valence-electron chi connectivity index (χ2n) is 14.1. The first-order valence-corrected chi connectivity index (χ1v) is 17.7. The molecule has 6 aromatic rings. The van der Waals surface area contributed by atoms with Crippen molar-refractivity contribution in [1.82, 2.24) is 0 Å². The summed E-state index contributed by atoms with van der Waals surface area (Å²) in [6.07, 6.45) is -16.3. The van der Waals surface area contributed by atoms with E-state index in [-0.39, 0.29) is 109 Å². The fraction of sp³-hybridized carbons (Fsp3) is 0.316. The second-order valence-corrected chi connectivity index (χ2v) is 14.1. The van der Waals surface area contributed by atoms with Gasteiger partial charge in [-0.2, -0.15) is 0 Å². The van der Waals surface area contributed by atoms with Crippen molar-refractivity contribution in [3.63, 3.8) is 0 Å². The third-order valence-corrected chi connectivity index (χ3v) is 10.5. The molecule has 8 rings (SSSR count). The Balaban J connectivity index is 0.000000227. The third kappa shape index (κ3) is 8.28. The molecule has 62 heavy (non-hydrogen) atoms. The monoisotopic (exact) mass is 928 g/mol. The van der Waals surface area contributed by atoms with E-state index in [0.29, 0.717) is 0 Å². The molecule has 0 aliphatic carbocycles. The van der Waals surface area contributed by atoms with Crippen molar-refractivity contribution in [2.24, 2.45) is 0 Å². The Morgan fingerprint density at radius 1 is 0.419 bits per heavy atom. The molecule has 2 saturated heterocycles. The summed E-state index contributed by atoms with van der Waals surface area (Å²) in [4.78, 5) is 25.8. The van der Waals surface area contributed by atoms with Gasteiger partial charge >= 0.3 is 75.5 Å². The van der Waals surface area contributed by atoms with Gasteiger partial charge in [0, 0.05) is 24.3 Å². The van der Waals surface area contributed by atoms with Crippen molar-refractivity contribution in [3.8, 4) is 46.0 Å². The Morgan fingerprint density at radius 3 is 1.05 bits per heavy atom. The van der Waals surface area contributed by atoms with Crippen LogP contribution >= 0.6 is 0 Å². The van der Waals surface area contributed by atoms with E-state index in [0.717, 1.165) is 36.4 Å². The fourth-order valence-electron chi connectivity index (χ4n) is 7.28. The zero-order chi connectivity index (χ0) is 43.8. The van der Waals surface area contributed by atoms with Gasteiger partial charge in [-0.25, -0.2) is 0 Å². The van der Waals surface area contributed by atoms with Crippen molar-refractivity contribution in [2.45, 2.75) is 61.0 Å². The molecule has 2 aliphatic heterocycles. The minimum atomic E-state index is -1.81. The third-order valence-electron chi connectivity index (χ3n) is 10.5. The van der Waals surface area contributed by atoms with E-state index in [9.17, 15) is 91.3 Å². The molecular weight excluding hydrogens is 889 g/mol. The van der Waals surface area contributed by atoms with Crippen LogP contribution in [-0.4, -0.2) is 219 Å². The van der Waals surface area contributed by atoms with Crippen LogP contribution in [0.3, 0.4) is 0 Å². The van der Waals surface area contributed by atoms with Crippen LogP contribution in [0.5, 0.6) is 46.0 Å². The molecule has 328 valence electrons. The number of hydrogen-bond donors (Lipinski definition) is 16. The minimum absolute atomic E-state index is 0. The van der Waals surface area contributed by atoms with E-state index in [2.05, 4.69) is 0 Å². The van der Waals surface area contributed by atoms with Crippen LogP contribution in [0.2, 0.25) is 0 Å². The SMILES string of the molecule is O=c1c2cc(O)c(O)cc2oc2cc(O)c([C@@H]3O[C@H](CO)[C@@H](O)[C@H](O)[C@H]3O)c(O)c12.O=c1c2cc(O)c(O)cc2oc2cc(O)c([C@@H]3O[C@H](CO)[C@@H](O)[C@H](O)[C@H]3O)c(O)c12.[CaH2].[CaH2]. The maximum absolute atomic E-state index is 12.9. The Hall–Kier alpha value is -3.66. The Bertz CT molecular complexity index is 2600. The van der Waals surface area contributed by atoms with Gasteiger partial charge in [-0.15, -0.1) is 0 Å². The van der Waals surface area contributed by atoms with E-state index >= 15 is 0 Å². The topological polar surface area (TPSA) is 403 Å². The summed E-state index contributed by atoms with van der Waals surface area (Å²) in [7, 11) is 0. The molecule has 2 fully saturated rings. The first-order valence-electron chi connectivity index (χ1n) is 17.7. The number of aliphatic hydroxyl groups excluding tert-OH is 8. The van der Waals surface area contributed by atoms with Gasteiger partial charge in [-0.1, -0.05) is 0 Å². The predicted octanol–water partition coefficient (Wildman–Crippen LogP) is -3.27. The van der Waals surface area contributed by atoms with Crippen LogP contribution < -0.4 is 10.9 Å². The Kier molecular flexibility index (Phi) is 15.0. The fourth-order valence-corrected chi connectivity index (χ4v) is 7.28. The van der Waals surface area contributed by atoms with Crippen LogP contribution in [0.25, 0.3) is 43.9 Å². The van der Waals surface area contributed by atoms with E-state index in [4.69, 9.17) is 18.3 Å². The van der Waals surface area contributed by atoms with E-state index < -0.39 is 153 Å². The van der Waals surface area contributed by atoms with Gasteiger partial charge in [0.15, 0.2) is 23.0 Å². The number of phenolic OH excluding ortho intramolecular Hbond substituents is 8. The van der Waals surface area contributed by atoms with Crippen molar-refractivity contribution in [3.05, 3.63) is 68.0 Å². The van der Waals surface area contributed by atoms with Crippen LogP contribution in [0.1, 0.15) is 23.3 Å². The average molecular weight is 929 g/mol. The molecule has 0 radical (unpaired) electrons. The first kappa shape index (κ1) is 49.4. The molecule has 10 atom stereocenters. The number of aliphatic hydroxyl groups is 8. The maximum atomic E-state index is 12.9. The molecule has 0 spiro atoms. The standard InChI is InChI=1S/2C19H18O11.2Ca.4H/c2*20-4-11-15(25)17(27)18(28)19(30-11)12-8(23)3-10-13(16(12)26)14(24)5-1-6(21)7(22)2-9(5)29-10;;;;;;/h2*1-3,11,15,17-23,25-28H,4H2;;;;;;/t2*11-,15-,17+,18-,19+;;;;;;/m11....../s1. The van der Waals surface area contributed by atoms with Gasteiger partial charge in [0.25, 0.3) is 0 Å². The zero-order valence-corrected chi connectivity index (χ0v) is 30.3. The molecule has 0 unspecified atom stereocenters. The normalized spacial score (nSPS) is 26.1. The zero-order valence-electron chi connectivity index (χ0n) is 30.3. The van der Waals surface area contributed by atoms with E-state index in [1.54, 1.807) is 0 Å². The van der Waals surface area contributed by atoms with Gasteiger partial charge in [0.05, 0.1) is 35.1 Å². The van der Waals surface area contributed by atoms with Crippen molar-refractivity contribution in [1.29, 1.82) is 0 Å². The van der Waals surface area contributed by atoms with Crippen LogP contribution in [0.4, 0.5) is 0 Å². The molecule has 2 aromatic heterocycles. The molecule has 4 heterocycles. The first-order chi connectivity index (χ1) is 28.3. The summed E-state index contributed by atoms with van der Waals surface area (Å²) in [5, 5.41) is 159. The molecule has 0 bridgehead atoms. The predicted molar refractivity (Wildman–Crippen MR) is 216 cm³/mol. The molecule has 2 aliphatic rings. The number of benzene rings is 4. The van der Waals surface area contributed by atoms with E-state index in [1.165, 1.54) is 0 Å². The number of hydrogen-bond acceptors (Lipinski definition) is 22. The summed E-state index contributed by atoms with van der Waals surface area (Å²) >= 11 is 0. The van der Waals surface area contributed by atoms with Gasteiger partial charge in [0.1, 0.15) is 117 Å². The van der Waals surface area contributed by atoms with Crippen LogP contribution in [0, 0.1) is 0 Å². The van der Waals surface area contributed by atoms with Gasteiger partial charge in [-0.05, 0) is 12.1 Å². The summed E-state index contributed by atoms with van der Waals surface area (Å²) in [6, 6.07) is 5.80. The molecule has 24 heteroatoms. The molecular formula is C38H40Ca2O22. The number of ether oxygens (including phenoxy) is 2.